The zero-order valence-corrected chi connectivity index (χ0v) is 13.8. The molecule has 21 heavy (non-hydrogen) atoms. The van der Waals surface area contributed by atoms with Crippen molar-refractivity contribution >= 4 is 40.7 Å². The number of halogens is 2. The molecule has 0 spiro atoms. The van der Waals surface area contributed by atoms with Gasteiger partial charge in [-0.2, -0.15) is 0 Å². The number of amides is 2. The minimum absolute atomic E-state index is 0.120. The van der Waals surface area contributed by atoms with Crippen molar-refractivity contribution in [2.75, 3.05) is 11.4 Å². The van der Waals surface area contributed by atoms with E-state index in [4.69, 9.17) is 23.2 Å². The molecular formula is C15H18Cl2N2O2. The lowest BCUT2D eigenvalue weighted by atomic mass is 9.86. The lowest BCUT2D eigenvalue weighted by molar-refractivity contribution is -0.127. The summed E-state index contributed by atoms with van der Waals surface area (Å²) in [4.78, 5) is 26.2. The third-order valence-electron chi connectivity index (χ3n) is 3.46. The van der Waals surface area contributed by atoms with Crippen LogP contribution in [0.3, 0.4) is 0 Å². The largest absolute Gasteiger partial charge is 0.344 e. The average molecular weight is 329 g/mol. The van der Waals surface area contributed by atoms with E-state index in [0.717, 1.165) is 0 Å². The molecule has 114 valence electrons. The molecule has 1 unspecified atom stereocenters. The van der Waals surface area contributed by atoms with E-state index in [1.807, 2.05) is 20.8 Å². The zero-order valence-electron chi connectivity index (χ0n) is 12.2. The Bertz CT molecular complexity index is 582. The summed E-state index contributed by atoms with van der Waals surface area (Å²) >= 11 is 11.9. The van der Waals surface area contributed by atoms with Gasteiger partial charge in [0.05, 0.1) is 10.0 Å². The Labute approximate surface area is 134 Å². The van der Waals surface area contributed by atoms with Gasteiger partial charge in [0.25, 0.3) is 0 Å². The molecule has 1 saturated heterocycles. The van der Waals surface area contributed by atoms with Gasteiger partial charge in [0, 0.05) is 18.7 Å². The van der Waals surface area contributed by atoms with Crippen molar-refractivity contribution < 1.29 is 9.59 Å². The topological polar surface area (TPSA) is 49.4 Å². The SMILES string of the molecule is CC(C)(C)C1NC(=O)CCN(c2ccc(Cl)c(Cl)c2)C1=O. The fourth-order valence-electron chi connectivity index (χ4n) is 2.27. The van der Waals surface area contributed by atoms with Crippen LogP contribution >= 0.6 is 23.2 Å². The van der Waals surface area contributed by atoms with Crippen LogP contribution in [0.4, 0.5) is 5.69 Å². The molecule has 0 bridgehead atoms. The van der Waals surface area contributed by atoms with Crippen molar-refractivity contribution in [1.82, 2.24) is 5.32 Å². The van der Waals surface area contributed by atoms with E-state index in [1.54, 1.807) is 23.1 Å². The van der Waals surface area contributed by atoms with Gasteiger partial charge in [-0.15, -0.1) is 0 Å². The fourth-order valence-corrected chi connectivity index (χ4v) is 2.56. The third kappa shape index (κ3) is 3.50. The summed E-state index contributed by atoms with van der Waals surface area (Å²) < 4.78 is 0. The van der Waals surface area contributed by atoms with Crippen LogP contribution in [0.2, 0.25) is 10.0 Å². The third-order valence-corrected chi connectivity index (χ3v) is 4.20. The normalized spacial score (nSPS) is 20.2. The van der Waals surface area contributed by atoms with Crippen molar-refractivity contribution in [3.63, 3.8) is 0 Å². The molecule has 1 heterocycles. The minimum Gasteiger partial charge on any atom is -0.344 e. The van der Waals surface area contributed by atoms with E-state index >= 15 is 0 Å². The van der Waals surface area contributed by atoms with Crippen LogP contribution in [-0.4, -0.2) is 24.4 Å². The molecule has 1 aromatic rings. The van der Waals surface area contributed by atoms with Crippen LogP contribution in [0.15, 0.2) is 18.2 Å². The monoisotopic (exact) mass is 328 g/mol. The highest BCUT2D eigenvalue weighted by molar-refractivity contribution is 6.42. The first-order valence-corrected chi connectivity index (χ1v) is 7.51. The van der Waals surface area contributed by atoms with Gasteiger partial charge in [0.1, 0.15) is 6.04 Å². The first-order chi connectivity index (χ1) is 9.70. The van der Waals surface area contributed by atoms with Crippen LogP contribution in [0.1, 0.15) is 27.2 Å². The number of anilines is 1. The summed E-state index contributed by atoms with van der Waals surface area (Å²) in [7, 11) is 0. The summed E-state index contributed by atoms with van der Waals surface area (Å²) in [5.41, 5.74) is 0.283. The van der Waals surface area contributed by atoms with E-state index in [-0.39, 0.29) is 23.7 Å². The summed E-state index contributed by atoms with van der Waals surface area (Å²) in [5.74, 6) is -0.252. The molecule has 0 saturated carbocycles. The molecule has 4 nitrogen and oxygen atoms in total. The maximum absolute atomic E-state index is 12.8. The second-order valence-corrected chi connectivity index (χ2v) is 7.02. The highest BCUT2D eigenvalue weighted by Crippen LogP contribution is 2.30. The molecule has 1 N–H and O–H groups in total. The number of nitrogens with one attached hydrogen (secondary N) is 1. The Kier molecular flexibility index (Phi) is 4.49. The highest BCUT2D eigenvalue weighted by atomic mass is 35.5. The van der Waals surface area contributed by atoms with Gasteiger partial charge in [-0.25, -0.2) is 0 Å². The number of carbonyl (C=O) groups is 2. The molecule has 1 atom stereocenters. The molecule has 0 aromatic heterocycles. The Morgan fingerprint density at radius 2 is 1.86 bits per heavy atom. The summed E-state index contributed by atoms with van der Waals surface area (Å²) in [6.45, 7) is 6.10. The first kappa shape index (κ1) is 16.1. The fraction of sp³-hybridized carbons (Fsp3) is 0.467. The van der Waals surface area contributed by atoms with E-state index in [1.165, 1.54) is 0 Å². The molecule has 1 aliphatic rings. The molecule has 2 amide bonds. The number of rotatable bonds is 1. The van der Waals surface area contributed by atoms with Crippen molar-refractivity contribution in [1.29, 1.82) is 0 Å². The number of benzene rings is 1. The van der Waals surface area contributed by atoms with Gasteiger partial charge in [0.2, 0.25) is 11.8 Å². The smallest absolute Gasteiger partial charge is 0.250 e. The van der Waals surface area contributed by atoms with Crippen molar-refractivity contribution in [2.24, 2.45) is 5.41 Å². The summed E-state index contributed by atoms with van der Waals surface area (Å²) in [6.07, 6.45) is 0.262. The molecule has 1 aliphatic heterocycles. The summed E-state index contributed by atoms with van der Waals surface area (Å²) in [5, 5.41) is 3.63. The predicted octanol–water partition coefficient (Wildman–Crippen LogP) is 3.26. The molecule has 1 fully saturated rings. The van der Waals surface area contributed by atoms with Crippen LogP contribution in [0, 0.1) is 5.41 Å². The van der Waals surface area contributed by atoms with E-state index < -0.39 is 6.04 Å². The molecule has 2 rings (SSSR count). The Hall–Kier alpha value is -1.26. The Morgan fingerprint density at radius 1 is 1.19 bits per heavy atom. The van der Waals surface area contributed by atoms with E-state index in [0.29, 0.717) is 22.3 Å². The van der Waals surface area contributed by atoms with Crippen molar-refractivity contribution in [3.8, 4) is 0 Å². The molecule has 0 radical (unpaired) electrons. The number of hydrogen-bond donors (Lipinski definition) is 1. The van der Waals surface area contributed by atoms with Gasteiger partial charge < -0.3 is 10.2 Å². The van der Waals surface area contributed by atoms with Crippen molar-refractivity contribution in [3.05, 3.63) is 28.2 Å². The molecule has 0 aliphatic carbocycles. The van der Waals surface area contributed by atoms with E-state index in [2.05, 4.69) is 5.32 Å². The average Bonchev–Trinajstić information content (AvgIpc) is 2.52. The number of hydrogen-bond acceptors (Lipinski definition) is 2. The van der Waals surface area contributed by atoms with Crippen LogP contribution in [0.5, 0.6) is 0 Å². The van der Waals surface area contributed by atoms with Crippen LogP contribution in [0.25, 0.3) is 0 Å². The van der Waals surface area contributed by atoms with Gasteiger partial charge in [0.15, 0.2) is 0 Å². The maximum Gasteiger partial charge on any atom is 0.250 e. The minimum atomic E-state index is -0.568. The standard InChI is InChI=1S/C15H18Cl2N2O2/c1-15(2,3)13-14(21)19(7-6-12(20)18-13)9-4-5-10(16)11(17)8-9/h4-5,8,13H,6-7H2,1-3H3,(H,18,20). The maximum atomic E-state index is 12.8. The van der Waals surface area contributed by atoms with Crippen LogP contribution < -0.4 is 10.2 Å². The molecular weight excluding hydrogens is 311 g/mol. The highest BCUT2D eigenvalue weighted by Gasteiger charge is 2.38. The number of carbonyl (C=O) groups excluding carboxylic acids is 2. The van der Waals surface area contributed by atoms with Crippen molar-refractivity contribution in [2.45, 2.75) is 33.2 Å². The van der Waals surface area contributed by atoms with Gasteiger partial charge in [-0.05, 0) is 23.6 Å². The molecule has 6 heteroatoms. The number of nitrogens with zero attached hydrogens (tertiary/aromatic N) is 1. The summed E-state index contributed by atoms with van der Waals surface area (Å²) in [6, 6.07) is 4.47. The molecule has 1 aromatic carbocycles. The lowest BCUT2D eigenvalue weighted by Gasteiger charge is -2.32. The Balaban J connectivity index is 2.39. The first-order valence-electron chi connectivity index (χ1n) is 6.76. The van der Waals surface area contributed by atoms with E-state index in [9.17, 15) is 9.59 Å². The zero-order chi connectivity index (χ0) is 15.8. The van der Waals surface area contributed by atoms with Gasteiger partial charge in [-0.3, -0.25) is 9.59 Å². The van der Waals surface area contributed by atoms with Gasteiger partial charge in [-0.1, -0.05) is 44.0 Å². The van der Waals surface area contributed by atoms with Crippen LogP contribution in [-0.2, 0) is 9.59 Å². The second kappa shape index (κ2) is 5.85. The predicted molar refractivity (Wildman–Crippen MR) is 84.8 cm³/mol. The Morgan fingerprint density at radius 3 is 2.43 bits per heavy atom. The van der Waals surface area contributed by atoms with Gasteiger partial charge >= 0.3 is 0 Å². The second-order valence-electron chi connectivity index (χ2n) is 6.20. The lowest BCUT2D eigenvalue weighted by Crippen LogP contribution is -2.52. The quantitative estimate of drug-likeness (QED) is 0.860.